The number of ketones is 1. The van der Waals surface area contributed by atoms with E-state index in [9.17, 15) is 22.4 Å². The summed E-state index contributed by atoms with van der Waals surface area (Å²) < 4.78 is 57.1. The number of carbonyl (C=O) groups excluding carboxylic acids is 1. The van der Waals surface area contributed by atoms with Crippen molar-refractivity contribution in [2.75, 3.05) is 11.4 Å². The average molecular weight is 337 g/mol. The normalized spacial score (nSPS) is 17.4. The van der Waals surface area contributed by atoms with Crippen LogP contribution in [-0.4, -0.2) is 12.3 Å². The first kappa shape index (κ1) is 16.5. The highest BCUT2D eigenvalue weighted by molar-refractivity contribution is 5.94. The minimum Gasteiger partial charge on any atom is -0.364 e. The Labute approximate surface area is 136 Å². The fourth-order valence-electron chi connectivity index (χ4n) is 3.25. The lowest BCUT2D eigenvalue weighted by Crippen LogP contribution is -2.26. The van der Waals surface area contributed by atoms with E-state index in [1.165, 1.54) is 0 Å². The van der Waals surface area contributed by atoms with Crippen LogP contribution in [0.3, 0.4) is 0 Å². The van der Waals surface area contributed by atoms with Gasteiger partial charge in [0.05, 0.1) is 17.2 Å². The highest BCUT2D eigenvalue weighted by atomic mass is 19.2. The van der Waals surface area contributed by atoms with Crippen molar-refractivity contribution in [1.29, 1.82) is 0 Å². The third kappa shape index (κ3) is 2.56. The Bertz CT molecular complexity index is 762. The van der Waals surface area contributed by atoms with E-state index in [0.29, 0.717) is 19.4 Å². The van der Waals surface area contributed by atoms with Gasteiger partial charge in [0.2, 0.25) is 0 Å². The van der Waals surface area contributed by atoms with E-state index in [4.69, 9.17) is 0 Å². The van der Waals surface area contributed by atoms with Crippen molar-refractivity contribution in [3.63, 3.8) is 0 Å². The Morgan fingerprint density at radius 3 is 2.12 bits per heavy atom. The molecular formula is C18H15F4NO. The Hall–Kier alpha value is -2.37. The smallest absolute Gasteiger partial charge is 0.173 e. The monoisotopic (exact) mass is 337 g/mol. The third-order valence-corrected chi connectivity index (χ3v) is 4.32. The molecule has 1 unspecified atom stereocenters. The van der Waals surface area contributed by atoms with Gasteiger partial charge in [0.25, 0.3) is 0 Å². The maximum Gasteiger partial charge on any atom is 0.173 e. The van der Waals surface area contributed by atoms with E-state index in [1.807, 2.05) is 0 Å². The molecule has 1 fully saturated rings. The number of para-hydroxylation sites is 1. The predicted octanol–water partition coefficient (Wildman–Crippen LogP) is 4.79. The number of nitrogens with zero attached hydrogens (tertiary/aromatic N) is 1. The summed E-state index contributed by atoms with van der Waals surface area (Å²) in [6.45, 7) is 1.39. The average Bonchev–Trinajstić information content (AvgIpc) is 3.03. The molecule has 1 aliphatic rings. The van der Waals surface area contributed by atoms with Gasteiger partial charge in [-0.15, -0.1) is 0 Å². The van der Waals surface area contributed by atoms with Gasteiger partial charge in [-0.3, -0.25) is 4.79 Å². The van der Waals surface area contributed by atoms with Gasteiger partial charge >= 0.3 is 0 Å². The predicted molar refractivity (Wildman–Crippen MR) is 82.0 cm³/mol. The van der Waals surface area contributed by atoms with Crippen molar-refractivity contribution in [1.82, 2.24) is 0 Å². The largest absolute Gasteiger partial charge is 0.364 e. The quantitative estimate of drug-likeness (QED) is 0.456. The van der Waals surface area contributed by atoms with Crippen LogP contribution in [0.2, 0.25) is 0 Å². The highest BCUT2D eigenvalue weighted by Crippen LogP contribution is 2.40. The first-order valence-electron chi connectivity index (χ1n) is 7.62. The van der Waals surface area contributed by atoms with Crippen LogP contribution in [0.25, 0.3) is 0 Å². The standard InChI is InChI=1S/C18H15F4NO/c1-10(24)13-15(19)17(21)14(18(22)16(13)20)12-8-5-9-23(12)11-6-3-2-4-7-11/h2-4,6-7,12H,5,8-9H2,1H3. The van der Waals surface area contributed by atoms with Crippen LogP contribution < -0.4 is 4.90 Å². The summed E-state index contributed by atoms with van der Waals surface area (Å²) in [5, 5.41) is 0. The van der Waals surface area contributed by atoms with Gasteiger partial charge in [-0.1, -0.05) is 18.2 Å². The molecule has 1 atom stereocenters. The van der Waals surface area contributed by atoms with Gasteiger partial charge in [-0.05, 0) is 31.9 Å². The minimum absolute atomic E-state index is 0.362. The number of benzene rings is 2. The molecule has 1 saturated heterocycles. The first-order valence-corrected chi connectivity index (χ1v) is 7.62. The summed E-state index contributed by atoms with van der Waals surface area (Å²) in [7, 11) is 0. The molecule has 126 valence electrons. The molecule has 0 aromatic heterocycles. The summed E-state index contributed by atoms with van der Waals surface area (Å²) in [5.41, 5.74) is -1.11. The molecule has 2 nitrogen and oxygen atoms in total. The second-order valence-electron chi connectivity index (χ2n) is 5.79. The van der Waals surface area contributed by atoms with Crippen molar-refractivity contribution in [3.8, 4) is 0 Å². The van der Waals surface area contributed by atoms with E-state index < -0.39 is 46.2 Å². The molecule has 1 aliphatic heterocycles. The zero-order valence-electron chi connectivity index (χ0n) is 13.0. The van der Waals surface area contributed by atoms with E-state index in [0.717, 1.165) is 12.6 Å². The molecule has 0 spiro atoms. The van der Waals surface area contributed by atoms with Gasteiger partial charge in [-0.25, -0.2) is 17.6 Å². The number of hydrogen-bond donors (Lipinski definition) is 0. The number of Topliss-reactive ketones (excluding diaryl/α,β-unsaturated/α-hetero) is 1. The second-order valence-corrected chi connectivity index (χ2v) is 5.79. The molecule has 0 amide bonds. The van der Waals surface area contributed by atoms with Crippen molar-refractivity contribution in [3.05, 3.63) is 64.7 Å². The van der Waals surface area contributed by atoms with Crippen molar-refractivity contribution in [2.45, 2.75) is 25.8 Å². The highest BCUT2D eigenvalue weighted by Gasteiger charge is 2.36. The van der Waals surface area contributed by atoms with Crippen molar-refractivity contribution >= 4 is 11.5 Å². The molecule has 2 aromatic rings. The molecule has 24 heavy (non-hydrogen) atoms. The Kier molecular flexibility index (Phi) is 4.30. The SMILES string of the molecule is CC(=O)c1c(F)c(F)c(C2CCCN2c2ccccc2)c(F)c1F. The summed E-state index contributed by atoms with van der Waals surface area (Å²) in [4.78, 5) is 13.0. The molecule has 0 aliphatic carbocycles. The zero-order valence-corrected chi connectivity index (χ0v) is 13.0. The van der Waals surface area contributed by atoms with Crippen LogP contribution in [0.5, 0.6) is 0 Å². The van der Waals surface area contributed by atoms with E-state index in [2.05, 4.69) is 0 Å². The van der Waals surface area contributed by atoms with Gasteiger partial charge < -0.3 is 4.90 Å². The fraction of sp³-hybridized carbons (Fsp3) is 0.278. The van der Waals surface area contributed by atoms with Crippen molar-refractivity contribution < 1.29 is 22.4 Å². The van der Waals surface area contributed by atoms with Gasteiger partial charge in [0.15, 0.2) is 29.1 Å². The van der Waals surface area contributed by atoms with E-state index >= 15 is 0 Å². The summed E-state index contributed by atoms with van der Waals surface area (Å²) in [6.07, 6.45) is 0.997. The molecule has 0 saturated carbocycles. The van der Waals surface area contributed by atoms with Crippen LogP contribution in [0.4, 0.5) is 23.2 Å². The molecule has 0 radical (unpaired) electrons. The summed E-state index contributed by atoms with van der Waals surface area (Å²) in [6, 6.07) is 8.07. The van der Waals surface area contributed by atoms with Crippen molar-refractivity contribution in [2.24, 2.45) is 0 Å². The summed E-state index contributed by atoms with van der Waals surface area (Å²) >= 11 is 0. The Morgan fingerprint density at radius 1 is 1.00 bits per heavy atom. The fourth-order valence-corrected chi connectivity index (χ4v) is 3.25. The number of rotatable bonds is 3. The van der Waals surface area contributed by atoms with Crippen LogP contribution in [-0.2, 0) is 0 Å². The molecular weight excluding hydrogens is 322 g/mol. The Balaban J connectivity index is 2.14. The van der Waals surface area contributed by atoms with E-state index in [-0.39, 0.29) is 0 Å². The topological polar surface area (TPSA) is 20.3 Å². The lowest BCUT2D eigenvalue weighted by atomic mass is 9.98. The second kappa shape index (κ2) is 6.26. The number of hydrogen-bond acceptors (Lipinski definition) is 2. The van der Waals surface area contributed by atoms with E-state index in [1.54, 1.807) is 35.2 Å². The van der Waals surface area contributed by atoms with Crippen LogP contribution in [0.1, 0.15) is 41.7 Å². The molecule has 0 N–H and O–H groups in total. The van der Waals surface area contributed by atoms with Gasteiger partial charge in [0.1, 0.15) is 0 Å². The molecule has 0 bridgehead atoms. The maximum absolute atomic E-state index is 14.4. The summed E-state index contributed by atoms with van der Waals surface area (Å²) in [5.74, 6) is -7.30. The Morgan fingerprint density at radius 2 is 1.58 bits per heavy atom. The van der Waals surface area contributed by atoms with Crippen LogP contribution in [0.15, 0.2) is 30.3 Å². The zero-order chi connectivity index (χ0) is 17.4. The number of carbonyl (C=O) groups is 1. The van der Waals surface area contributed by atoms with Gasteiger partial charge in [-0.2, -0.15) is 0 Å². The number of anilines is 1. The third-order valence-electron chi connectivity index (χ3n) is 4.32. The van der Waals surface area contributed by atoms with Crippen LogP contribution >= 0.6 is 0 Å². The van der Waals surface area contributed by atoms with Crippen LogP contribution in [0, 0.1) is 23.3 Å². The first-order chi connectivity index (χ1) is 11.4. The molecule has 6 heteroatoms. The minimum atomic E-state index is -1.63. The lowest BCUT2D eigenvalue weighted by molar-refractivity contribution is 0.100. The van der Waals surface area contributed by atoms with Gasteiger partial charge in [0, 0.05) is 12.2 Å². The number of halogens is 4. The maximum atomic E-state index is 14.4. The molecule has 2 aromatic carbocycles. The lowest BCUT2D eigenvalue weighted by Gasteiger charge is -2.28. The molecule has 1 heterocycles. The molecule has 3 rings (SSSR count).